The summed E-state index contributed by atoms with van der Waals surface area (Å²) in [6, 6.07) is 18.7. The third-order valence-electron chi connectivity index (χ3n) is 7.85. The van der Waals surface area contributed by atoms with E-state index in [0.717, 1.165) is 0 Å². The van der Waals surface area contributed by atoms with Gasteiger partial charge in [0.05, 0.1) is 33.1 Å². The van der Waals surface area contributed by atoms with Crippen LogP contribution in [0.5, 0.6) is 0 Å². The van der Waals surface area contributed by atoms with Gasteiger partial charge in [-0.15, -0.1) is 0 Å². The Morgan fingerprint density at radius 3 is 1.28 bits per heavy atom. The quantitative estimate of drug-likeness (QED) is 0.222. The van der Waals surface area contributed by atoms with E-state index in [1.165, 1.54) is 88.0 Å². The molecule has 0 atom stereocenters. The Kier molecular flexibility index (Phi) is 3.19. The van der Waals surface area contributed by atoms with E-state index in [0.29, 0.717) is 0 Å². The second-order valence-electron chi connectivity index (χ2n) is 9.83. The van der Waals surface area contributed by atoms with E-state index in [2.05, 4.69) is 98.9 Å². The van der Waals surface area contributed by atoms with Gasteiger partial charge in [0.1, 0.15) is 0 Å². The molecule has 0 bridgehead atoms. The second-order valence-corrected chi connectivity index (χ2v) is 9.83. The topological polar surface area (TPSA) is 8.82 Å². The molecule has 0 saturated carbocycles. The Morgan fingerprint density at radius 1 is 0.469 bits per heavy atom. The lowest BCUT2D eigenvalue weighted by atomic mass is 10.00. The van der Waals surface area contributed by atoms with Crippen LogP contribution in [0.3, 0.4) is 0 Å². The average molecular weight is 415 g/mol. The molecule has 7 aromatic rings. The van der Waals surface area contributed by atoms with Gasteiger partial charge in [0.25, 0.3) is 0 Å². The molecule has 0 radical (unpaired) electrons. The van der Waals surface area contributed by atoms with E-state index in [1.807, 2.05) is 0 Å². The lowest BCUT2D eigenvalue weighted by Gasteiger charge is -2.15. The number of benzene rings is 4. The molecule has 0 unspecified atom stereocenters. The van der Waals surface area contributed by atoms with Crippen LogP contribution < -0.4 is 0 Å². The van der Waals surface area contributed by atoms with Gasteiger partial charge in [-0.05, 0) is 100 Å². The SMILES string of the molecule is Cc1ccc2c(c1)c1c(C)c(C)cc3c1n2c1cc(C)c(C)c2c4cc(C)ccc4n3c21. The maximum Gasteiger partial charge on any atom is 0.0786 e. The van der Waals surface area contributed by atoms with E-state index in [-0.39, 0.29) is 0 Å². The Hall–Kier alpha value is -3.52. The number of nitrogens with zero attached hydrogens (tertiary/aromatic N) is 2. The molecule has 3 heterocycles. The van der Waals surface area contributed by atoms with Gasteiger partial charge in [-0.1, -0.05) is 23.3 Å². The summed E-state index contributed by atoms with van der Waals surface area (Å²) in [5.74, 6) is 0. The minimum atomic E-state index is 1.30. The van der Waals surface area contributed by atoms with E-state index in [4.69, 9.17) is 0 Å². The first-order valence-corrected chi connectivity index (χ1v) is 11.5. The van der Waals surface area contributed by atoms with E-state index < -0.39 is 0 Å². The van der Waals surface area contributed by atoms with Crippen LogP contribution in [0.1, 0.15) is 33.4 Å². The van der Waals surface area contributed by atoms with Crippen molar-refractivity contribution >= 4 is 54.6 Å². The monoisotopic (exact) mass is 414 g/mol. The van der Waals surface area contributed by atoms with Crippen molar-refractivity contribution in [3.05, 3.63) is 81.9 Å². The van der Waals surface area contributed by atoms with Crippen molar-refractivity contribution in [3.63, 3.8) is 0 Å². The van der Waals surface area contributed by atoms with Crippen molar-refractivity contribution < 1.29 is 0 Å². The standard InChI is InChI=1S/C30H26N2/c1-15-7-9-23-21(11-15)27-19(5)17(3)13-25-29(27)31(23)26-14-18(4)20(6)28-22-12-16(2)8-10-24(22)32(25)30(26)28/h7-14H,1-6H3. The van der Waals surface area contributed by atoms with Crippen LogP contribution in [-0.2, 0) is 0 Å². The minimum Gasteiger partial charge on any atom is -0.305 e. The summed E-state index contributed by atoms with van der Waals surface area (Å²) in [4.78, 5) is 0. The van der Waals surface area contributed by atoms with Gasteiger partial charge in [0, 0.05) is 21.5 Å². The highest BCUT2D eigenvalue weighted by atomic mass is 15.0. The molecular weight excluding hydrogens is 388 g/mol. The van der Waals surface area contributed by atoms with Gasteiger partial charge in [-0.2, -0.15) is 0 Å². The van der Waals surface area contributed by atoms with Gasteiger partial charge in [-0.3, -0.25) is 0 Å². The largest absolute Gasteiger partial charge is 0.305 e. The lowest BCUT2D eigenvalue weighted by Crippen LogP contribution is -2.00. The van der Waals surface area contributed by atoms with Crippen LogP contribution >= 0.6 is 0 Å². The summed E-state index contributed by atoms with van der Waals surface area (Å²) in [5, 5.41) is 5.51. The fourth-order valence-corrected chi connectivity index (χ4v) is 6.05. The highest BCUT2D eigenvalue weighted by Crippen LogP contribution is 2.44. The molecule has 32 heavy (non-hydrogen) atoms. The summed E-state index contributed by atoms with van der Waals surface area (Å²) in [6.45, 7) is 13.5. The Morgan fingerprint density at radius 2 is 0.875 bits per heavy atom. The molecule has 7 rings (SSSR count). The third-order valence-corrected chi connectivity index (χ3v) is 7.85. The van der Waals surface area contributed by atoms with Crippen molar-refractivity contribution in [1.82, 2.24) is 8.80 Å². The summed E-state index contributed by atoms with van der Waals surface area (Å²) < 4.78 is 5.07. The van der Waals surface area contributed by atoms with Gasteiger partial charge < -0.3 is 8.80 Å². The van der Waals surface area contributed by atoms with Gasteiger partial charge in [-0.25, -0.2) is 0 Å². The summed E-state index contributed by atoms with van der Waals surface area (Å²) in [6.07, 6.45) is 0. The molecule has 0 aliphatic carbocycles. The molecule has 2 nitrogen and oxygen atoms in total. The van der Waals surface area contributed by atoms with Gasteiger partial charge in [0.15, 0.2) is 0 Å². The molecule has 4 aromatic carbocycles. The van der Waals surface area contributed by atoms with Crippen LogP contribution in [0.4, 0.5) is 0 Å². The molecular formula is C30H26N2. The first kappa shape index (κ1) is 18.1. The second kappa shape index (κ2) is 5.63. The number of aromatic nitrogens is 2. The maximum atomic E-state index is 2.53. The Balaban J connectivity index is 1.99. The van der Waals surface area contributed by atoms with Crippen molar-refractivity contribution in [2.24, 2.45) is 0 Å². The van der Waals surface area contributed by atoms with Gasteiger partial charge in [0.2, 0.25) is 0 Å². The predicted molar refractivity (Wildman–Crippen MR) is 138 cm³/mol. The molecule has 0 spiro atoms. The van der Waals surface area contributed by atoms with Crippen LogP contribution in [0.15, 0.2) is 48.5 Å². The maximum absolute atomic E-state index is 2.53. The molecule has 0 amide bonds. The molecule has 156 valence electrons. The molecule has 0 N–H and O–H groups in total. The number of hydrogen-bond acceptors (Lipinski definition) is 0. The predicted octanol–water partition coefficient (Wildman–Crippen LogP) is 8.09. The number of rotatable bonds is 0. The molecule has 0 aliphatic rings. The van der Waals surface area contributed by atoms with Crippen molar-refractivity contribution in [2.45, 2.75) is 41.5 Å². The molecule has 3 aromatic heterocycles. The summed E-state index contributed by atoms with van der Waals surface area (Å²) >= 11 is 0. The van der Waals surface area contributed by atoms with Crippen LogP contribution in [0.25, 0.3) is 54.6 Å². The lowest BCUT2D eigenvalue weighted by molar-refractivity contribution is 1.23. The fraction of sp³-hybridized carbons (Fsp3) is 0.200. The van der Waals surface area contributed by atoms with E-state index in [1.54, 1.807) is 0 Å². The first-order valence-electron chi connectivity index (χ1n) is 11.5. The van der Waals surface area contributed by atoms with Crippen LogP contribution in [0, 0.1) is 41.5 Å². The van der Waals surface area contributed by atoms with Crippen molar-refractivity contribution in [3.8, 4) is 0 Å². The number of aryl methyl sites for hydroxylation is 6. The molecule has 0 saturated heterocycles. The molecule has 2 heteroatoms. The van der Waals surface area contributed by atoms with Crippen molar-refractivity contribution in [1.29, 1.82) is 0 Å². The average Bonchev–Trinajstić information content (AvgIpc) is 3.27. The zero-order valence-electron chi connectivity index (χ0n) is 19.5. The zero-order chi connectivity index (χ0) is 22.0. The Labute approximate surface area is 187 Å². The highest BCUT2D eigenvalue weighted by Gasteiger charge is 2.24. The van der Waals surface area contributed by atoms with Gasteiger partial charge >= 0.3 is 0 Å². The summed E-state index contributed by atoms with van der Waals surface area (Å²) in [5.41, 5.74) is 16.0. The fourth-order valence-electron chi connectivity index (χ4n) is 6.05. The smallest absolute Gasteiger partial charge is 0.0786 e. The minimum absolute atomic E-state index is 1.30. The molecule has 0 fully saturated rings. The zero-order valence-corrected chi connectivity index (χ0v) is 19.5. The van der Waals surface area contributed by atoms with E-state index >= 15 is 0 Å². The molecule has 0 aliphatic heterocycles. The summed E-state index contributed by atoms with van der Waals surface area (Å²) in [7, 11) is 0. The van der Waals surface area contributed by atoms with E-state index in [9.17, 15) is 0 Å². The number of fused-ring (bicyclic) bond motifs is 8. The number of hydrogen-bond donors (Lipinski definition) is 0. The van der Waals surface area contributed by atoms with Crippen LogP contribution in [-0.4, -0.2) is 8.80 Å². The van der Waals surface area contributed by atoms with Crippen LogP contribution in [0.2, 0.25) is 0 Å². The Bertz CT molecular complexity index is 1780. The third kappa shape index (κ3) is 1.93. The highest BCUT2D eigenvalue weighted by molar-refractivity contribution is 6.23. The first-order chi connectivity index (χ1) is 15.4. The van der Waals surface area contributed by atoms with Crippen molar-refractivity contribution in [2.75, 3.05) is 0 Å². The normalized spacial score (nSPS) is 12.7.